The number of thiazole rings is 1. The van der Waals surface area contributed by atoms with Crippen molar-refractivity contribution in [2.75, 3.05) is 7.11 Å². The van der Waals surface area contributed by atoms with E-state index in [-0.39, 0.29) is 5.41 Å². The van der Waals surface area contributed by atoms with Crippen LogP contribution in [-0.2, 0) is 18.4 Å². The van der Waals surface area contributed by atoms with Crippen LogP contribution in [0.5, 0.6) is 5.75 Å². The van der Waals surface area contributed by atoms with Crippen LogP contribution in [0, 0.1) is 6.92 Å². The van der Waals surface area contributed by atoms with Crippen molar-refractivity contribution < 1.29 is 14.6 Å². The zero-order valence-corrected chi connectivity index (χ0v) is 21.1. The number of carbonyl (C=O) groups is 1. The quantitative estimate of drug-likeness (QED) is 0.319. The van der Waals surface area contributed by atoms with Crippen LogP contribution >= 0.6 is 11.3 Å². The van der Waals surface area contributed by atoms with E-state index in [1.54, 1.807) is 24.5 Å². The lowest BCUT2D eigenvalue weighted by Gasteiger charge is -2.18. The van der Waals surface area contributed by atoms with Crippen molar-refractivity contribution in [1.82, 2.24) is 9.55 Å². The van der Waals surface area contributed by atoms with Crippen LogP contribution in [0.15, 0.2) is 60.0 Å². The van der Waals surface area contributed by atoms with Crippen LogP contribution in [0.4, 0.5) is 0 Å². The molecule has 0 aliphatic heterocycles. The van der Waals surface area contributed by atoms with Crippen molar-refractivity contribution >= 4 is 17.3 Å². The minimum Gasteiger partial charge on any atom is -0.497 e. The zero-order valence-electron chi connectivity index (χ0n) is 20.3. The lowest BCUT2D eigenvalue weighted by atomic mass is 9.87. The minimum absolute atomic E-state index is 0.0992. The number of aromatic carboxylic acids is 1. The maximum absolute atomic E-state index is 11.9. The molecule has 5 nitrogen and oxygen atoms in total. The van der Waals surface area contributed by atoms with E-state index in [9.17, 15) is 9.90 Å². The maximum atomic E-state index is 11.9. The molecular weight excluding hydrogens is 444 g/mol. The molecule has 176 valence electrons. The van der Waals surface area contributed by atoms with Crippen molar-refractivity contribution in [3.63, 3.8) is 0 Å². The van der Waals surface area contributed by atoms with Gasteiger partial charge in [-0.05, 0) is 48.1 Å². The molecule has 0 bridgehead atoms. The zero-order chi connectivity index (χ0) is 24.5. The smallest absolute Gasteiger partial charge is 0.337 e. The molecule has 0 radical (unpaired) electrons. The SMILES string of the molecule is COc1ccc(CCn2c(-c3csc(-c4ccc(C(C)(C)C)cc4)n3)cc(C(=O)O)c2C)cc1. The van der Waals surface area contributed by atoms with E-state index in [1.165, 1.54) is 5.56 Å². The van der Waals surface area contributed by atoms with E-state index < -0.39 is 5.97 Å². The van der Waals surface area contributed by atoms with Crippen LogP contribution < -0.4 is 4.74 Å². The van der Waals surface area contributed by atoms with Gasteiger partial charge in [0.1, 0.15) is 10.8 Å². The summed E-state index contributed by atoms with van der Waals surface area (Å²) in [6, 6.07) is 18.2. The number of benzene rings is 2. The van der Waals surface area contributed by atoms with E-state index in [1.807, 2.05) is 36.6 Å². The molecule has 0 amide bonds. The molecule has 0 atom stereocenters. The van der Waals surface area contributed by atoms with Gasteiger partial charge in [-0.3, -0.25) is 0 Å². The van der Waals surface area contributed by atoms with Crippen LogP contribution in [0.3, 0.4) is 0 Å². The van der Waals surface area contributed by atoms with Crippen LogP contribution in [0.1, 0.15) is 48.0 Å². The molecule has 2 aromatic carbocycles. The average molecular weight is 475 g/mol. The molecule has 1 N–H and O–H groups in total. The summed E-state index contributed by atoms with van der Waals surface area (Å²) in [4.78, 5) is 16.7. The van der Waals surface area contributed by atoms with Gasteiger partial charge in [0, 0.05) is 23.2 Å². The van der Waals surface area contributed by atoms with Gasteiger partial charge in [-0.1, -0.05) is 57.2 Å². The van der Waals surface area contributed by atoms with Gasteiger partial charge < -0.3 is 14.4 Å². The summed E-state index contributed by atoms with van der Waals surface area (Å²) in [6.45, 7) is 9.12. The first-order chi connectivity index (χ1) is 16.2. The molecule has 4 rings (SSSR count). The highest BCUT2D eigenvalue weighted by Gasteiger charge is 2.20. The Labute approximate surface area is 204 Å². The number of hydrogen-bond acceptors (Lipinski definition) is 4. The topological polar surface area (TPSA) is 64.4 Å². The van der Waals surface area contributed by atoms with Gasteiger partial charge in [0.05, 0.1) is 24.1 Å². The van der Waals surface area contributed by atoms with Crippen molar-refractivity contribution in [3.05, 3.63) is 82.4 Å². The monoisotopic (exact) mass is 474 g/mol. The lowest BCUT2D eigenvalue weighted by molar-refractivity contribution is 0.0696. The molecule has 0 saturated carbocycles. The molecule has 4 aromatic rings. The molecule has 0 saturated heterocycles. The van der Waals surface area contributed by atoms with Gasteiger partial charge in [-0.25, -0.2) is 9.78 Å². The number of carboxylic acid groups (broad SMARTS) is 1. The summed E-state index contributed by atoms with van der Waals surface area (Å²) in [7, 11) is 1.65. The van der Waals surface area contributed by atoms with Crippen LogP contribution in [0.2, 0.25) is 0 Å². The third-order valence-electron chi connectivity index (χ3n) is 6.14. The summed E-state index contributed by atoms with van der Waals surface area (Å²) >= 11 is 1.58. The standard InChI is InChI=1S/C28H30N2O3S/c1-18-23(27(31)32)16-25(30(18)15-14-19-6-12-22(33-5)13-7-19)24-17-34-26(29-24)20-8-10-21(11-9-20)28(2,3)4/h6-13,16-17H,14-15H2,1-5H3,(H,31,32). The molecule has 6 heteroatoms. The molecule has 0 unspecified atom stereocenters. The second-order valence-electron chi connectivity index (χ2n) is 9.45. The number of carboxylic acids is 1. The summed E-state index contributed by atoms with van der Waals surface area (Å²) in [5.74, 6) is -0.101. The predicted octanol–water partition coefficient (Wildman–Crippen LogP) is 6.83. The van der Waals surface area contributed by atoms with Crippen LogP contribution in [0.25, 0.3) is 22.0 Å². The van der Waals surface area contributed by atoms with E-state index in [0.717, 1.165) is 45.4 Å². The Balaban J connectivity index is 1.64. The normalized spacial score (nSPS) is 11.6. The number of aryl methyl sites for hydroxylation is 1. The first kappa shape index (κ1) is 23.8. The fourth-order valence-electron chi connectivity index (χ4n) is 4.03. The van der Waals surface area contributed by atoms with E-state index in [4.69, 9.17) is 9.72 Å². The van der Waals surface area contributed by atoms with E-state index in [2.05, 4.69) is 49.6 Å². The second-order valence-corrected chi connectivity index (χ2v) is 10.3. The van der Waals surface area contributed by atoms with Gasteiger partial charge in [-0.2, -0.15) is 0 Å². The Hall–Kier alpha value is -3.38. The molecule has 0 fully saturated rings. The largest absolute Gasteiger partial charge is 0.497 e. The molecule has 0 aliphatic carbocycles. The van der Waals surface area contributed by atoms with Gasteiger partial charge >= 0.3 is 5.97 Å². The third-order valence-corrected chi connectivity index (χ3v) is 7.04. The van der Waals surface area contributed by atoms with Crippen molar-refractivity contribution in [1.29, 1.82) is 0 Å². The number of ether oxygens (including phenoxy) is 1. The number of methoxy groups -OCH3 is 1. The highest BCUT2D eigenvalue weighted by Crippen LogP contribution is 2.33. The molecule has 34 heavy (non-hydrogen) atoms. The van der Waals surface area contributed by atoms with Crippen LogP contribution in [-0.4, -0.2) is 27.7 Å². The van der Waals surface area contributed by atoms with Crippen molar-refractivity contribution in [2.45, 2.75) is 46.1 Å². The van der Waals surface area contributed by atoms with Gasteiger partial charge in [0.25, 0.3) is 0 Å². The Morgan fingerprint density at radius 1 is 1.09 bits per heavy atom. The second kappa shape index (κ2) is 9.47. The Bertz CT molecular complexity index is 1290. The fraction of sp³-hybridized carbons (Fsp3) is 0.286. The predicted molar refractivity (Wildman–Crippen MR) is 138 cm³/mol. The molecule has 0 spiro atoms. The van der Waals surface area contributed by atoms with Gasteiger partial charge in [0.2, 0.25) is 0 Å². The highest BCUT2D eigenvalue weighted by atomic mass is 32.1. The average Bonchev–Trinajstić information content (AvgIpc) is 3.42. The molecule has 2 aromatic heterocycles. The summed E-state index contributed by atoms with van der Waals surface area (Å²) in [5, 5.41) is 12.7. The molecule has 0 aliphatic rings. The van der Waals surface area contributed by atoms with E-state index >= 15 is 0 Å². The minimum atomic E-state index is -0.921. The number of rotatable bonds is 7. The summed E-state index contributed by atoms with van der Waals surface area (Å²) < 4.78 is 7.31. The number of nitrogens with zero attached hydrogens (tertiary/aromatic N) is 2. The van der Waals surface area contributed by atoms with Crippen molar-refractivity contribution in [3.8, 4) is 27.7 Å². The summed E-state index contributed by atoms with van der Waals surface area (Å²) in [5.41, 5.74) is 6.28. The van der Waals surface area contributed by atoms with E-state index in [0.29, 0.717) is 12.1 Å². The Morgan fingerprint density at radius 3 is 2.35 bits per heavy atom. The first-order valence-corrected chi connectivity index (χ1v) is 12.2. The number of aromatic nitrogens is 2. The fourth-order valence-corrected chi connectivity index (χ4v) is 4.85. The van der Waals surface area contributed by atoms with Crippen molar-refractivity contribution in [2.24, 2.45) is 0 Å². The van der Waals surface area contributed by atoms with Gasteiger partial charge in [0.15, 0.2) is 0 Å². The molecular formula is C28H30N2O3S. The summed E-state index contributed by atoms with van der Waals surface area (Å²) in [6.07, 6.45) is 0.775. The Morgan fingerprint density at radius 2 is 1.76 bits per heavy atom. The third kappa shape index (κ3) is 4.92. The Kier molecular flexibility index (Phi) is 6.62. The first-order valence-electron chi connectivity index (χ1n) is 11.3. The number of hydrogen-bond donors (Lipinski definition) is 1. The highest BCUT2D eigenvalue weighted by molar-refractivity contribution is 7.13. The van der Waals surface area contributed by atoms with Gasteiger partial charge in [-0.15, -0.1) is 11.3 Å². The molecule has 2 heterocycles. The lowest BCUT2D eigenvalue weighted by Crippen LogP contribution is -2.10. The maximum Gasteiger partial charge on any atom is 0.337 e.